The molecule has 0 nitrogen and oxygen atoms in total. The van der Waals surface area contributed by atoms with Crippen molar-refractivity contribution in [2.75, 3.05) is 0 Å². The van der Waals surface area contributed by atoms with Crippen LogP contribution in [0.1, 0.15) is 73.6 Å². The van der Waals surface area contributed by atoms with E-state index in [1.54, 1.807) is 0 Å². The molecule has 0 aliphatic heterocycles. The molecule has 0 saturated heterocycles. The Labute approximate surface area is 91.5 Å². The third-order valence-corrected chi connectivity index (χ3v) is 4.33. The van der Waals surface area contributed by atoms with Gasteiger partial charge in [-0.15, -0.1) is 0 Å². The summed E-state index contributed by atoms with van der Waals surface area (Å²) in [4.78, 5) is 0. The molecule has 0 aromatic rings. The molecule has 0 aromatic heterocycles. The normalized spacial score (nSPS) is 20.1. The van der Waals surface area contributed by atoms with Gasteiger partial charge in [-0.3, -0.25) is 0 Å². The Morgan fingerprint density at radius 2 is 1.57 bits per heavy atom. The van der Waals surface area contributed by atoms with Crippen molar-refractivity contribution in [2.45, 2.75) is 73.6 Å². The van der Waals surface area contributed by atoms with Gasteiger partial charge >= 0.3 is 0 Å². The molecule has 0 saturated carbocycles. The summed E-state index contributed by atoms with van der Waals surface area (Å²) in [6, 6.07) is 0. The van der Waals surface area contributed by atoms with Crippen molar-refractivity contribution in [1.29, 1.82) is 0 Å². The highest BCUT2D eigenvalue weighted by Gasteiger charge is 2.31. The van der Waals surface area contributed by atoms with Gasteiger partial charge in [-0.2, -0.15) is 0 Å². The van der Waals surface area contributed by atoms with Crippen LogP contribution >= 0.6 is 0 Å². The first kappa shape index (κ1) is 14.0. The standard InChI is InChI=1S/C14H30/c1-7-10-12(4)13(5)14(6,9-3)11-8-2/h12-13H,7-11H2,1-6H3. The third kappa shape index (κ3) is 3.63. The Morgan fingerprint density at radius 1 is 1.00 bits per heavy atom. The van der Waals surface area contributed by atoms with Crippen LogP contribution in [0.4, 0.5) is 0 Å². The van der Waals surface area contributed by atoms with Crippen LogP contribution < -0.4 is 0 Å². The summed E-state index contributed by atoms with van der Waals surface area (Å²) >= 11 is 0. The molecule has 86 valence electrons. The summed E-state index contributed by atoms with van der Waals surface area (Å²) < 4.78 is 0. The quantitative estimate of drug-likeness (QED) is 0.522. The minimum atomic E-state index is 0.573. The highest BCUT2D eigenvalue weighted by Crippen LogP contribution is 2.41. The van der Waals surface area contributed by atoms with Crippen LogP contribution in [0.5, 0.6) is 0 Å². The fourth-order valence-electron chi connectivity index (χ4n) is 2.69. The fourth-order valence-corrected chi connectivity index (χ4v) is 2.69. The maximum absolute atomic E-state index is 2.48. The average Bonchev–Trinajstić information content (AvgIpc) is 2.17. The number of hydrogen-bond donors (Lipinski definition) is 0. The zero-order valence-corrected chi connectivity index (χ0v) is 11.2. The minimum Gasteiger partial charge on any atom is -0.0654 e. The molecule has 0 bridgehead atoms. The van der Waals surface area contributed by atoms with Crippen molar-refractivity contribution in [3.63, 3.8) is 0 Å². The van der Waals surface area contributed by atoms with E-state index in [-0.39, 0.29) is 0 Å². The molecule has 0 fully saturated rings. The maximum atomic E-state index is 2.48. The molecule has 0 aromatic carbocycles. The Morgan fingerprint density at radius 3 is 1.93 bits per heavy atom. The van der Waals surface area contributed by atoms with Gasteiger partial charge < -0.3 is 0 Å². The first-order valence-corrected chi connectivity index (χ1v) is 6.51. The first-order valence-electron chi connectivity index (χ1n) is 6.51. The Bertz CT molecular complexity index is 139. The van der Waals surface area contributed by atoms with Gasteiger partial charge in [0.1, 0.15) is 0 Å². The molecule has 3 unspecified atom stereocenters. The number of hydrogen-bond acceptors (Lipinski definition) is 0. The van der Waals surface area contributed by atoms with Gasteiger partial charge in [-0.25, -0.2) is 0 Å². The molecule has 0 rings (SSSR count). The van der Waals surface area contributed by atoms with E-state index in [1.165, 1.54) is 32.1 Å². The molecule has 0 aliphatic rings. The lowest BCUT2D eigenvalue weighted by atomic mass is 9.67. The van der Waals surface area contributed by atoms with Gasteiger partial charge in [0.2, 0.25) is 0 Å². The lowest BCUT2D eigenvalue weighted by molar-refractivity contribution is 0.117. The van der Waals surface area contributed by atoms with Crippen molar-refractivity contribution < 1.29 is 0 Å². The van der Waals surface area contributed by atoms with Crippen molar-refractivity contribution in [1.82, 2.24) is 0 Å². The molecule has 0 aliphatic carbocycles. The summed E-state index contributed by atoms with van der Waals surface area (Å²) in [5, 5.41) is 0. The monoisotopic (exact) mass is 198 g/mol. The van der Waals surface area contributed by atoms with E-state index in [0.717, 1.165) is 11.8 Å². The highest BCUT2D eigenvalue weighted by molar-refractivity contribution is 4.81. The SMILES string of the molecule is CCCC(C)C(C)C(C)(CC)CCC. The van der Waals surface area contributed by atoms with Crippen molar-refractivity contribution >= 4 is 0 Å². The van der Waals surface area contributed by atoms with Crippen molar-refractivity contribution in [3.05, 3.63) is 0 Å². The van der Waals surface area contributed by atoms with E-state index in [1.807, 2.05) is 0 Å². The maximum Gasteiger partial charge on any atom is -0.0300 e. The molecule has 3 atom stereocenters. The lowest BCUT2D eigenvalue weighted by Gasteiger charge is -2.38. The molecular formula is C14H30. The minimum absolute atomic E-state index is 0.573. The van der Waals surface area contributed by atoms with Gasteiger partial charge in [0.15, 0.2) is 0 Å². The van der Waals surface area contributed by atoms with E-state index in [9.17, 15) is 0 Å². The van der Waals surface area contributed by atoms with Gasteiger partial charge in [0.25, 0.3) is 0 Å². The van der Waals surface area contributed by atoms with E-state index >= 15 is 0 Å². The summed E-state index contributed by atoms with van der Waals surface area (Å²) in [5.41, 5.74) is 0.573. The number of rotatable bonds is 7. The zero-order chi connectivity index (χ0) is 11.2. The molecule has 0 N–H and O–H groups in total. The van der Waals surface area contributed by atoms with Gasteiger partial charge in [-0.05, 0) is 23.7 Å². The molecule has 0 spiro atoms. The second kappa shape index (κ2) is 6.48. The van der Waals surface area contributed by atoms with E-state index in [4.69, 9.17) is 0 Å². The van der Waals surface area contributed by atoms with Crippen LogP contribution in [0.3, 0.4) is 0 Å². The third-order valence-electron chi connectivity index (χ3n) is 4.33. The van der Waals surface area contributed by atoms with Crippen LogP contribution in [0.2, 0.25) is 0 Å². The average molecular weight is 198 g/mol. The second-order valence-corrected chi connectivity index (χ2v) is 5.31. The first-order chi connectivity index (χ1) is 6.51. The zero-order valence-electron chi connectivity index (χ0n) is 11.2. The molecular weight excluding hydrogens is 168 g/mol. The van der Waals surface area contributed by atoms with Crippen molar-refractivity contribution in [3.8, 4) is 0 Å². The molecule has 0 radical (unpaired) electrons. The van der Waals surface area contributed by atoms with E-state index in [2.05, 4.69) is 41.5 Å². The predicted molar refractivity (Wildman–Crippen MR) is 66.5 cm³/mol. The highest BCUT2D eigenvalue weighted by atomic mass is 14.4. The largest absolute Gasteiger partial charge is 0.0654 e. The summed E-state index contributed by atoms with van der Waals surface area (Å²) in [5.74, 6) is 1.75. The van der Waals surface area contributed by atoms with Gasteiger partial charge in [0, 0.05) is 0 Å². The van der Waals surface area contributed by atoms with Crippen LogP contribution in [0, 0.1) is 17.3 Å². The smallest absolute Gasteiger partial charge is 0.0300 e. The Hall–Kier alpha value is 0. The fraction of sp³-hybridized carbons (Fsp3) is 1.00. The van der Waals surface area contributed by atoms with Gasteiger partial charge in [0.05, 0.1) is 0 Å². The molecule has 0 amide bonds. The van der Waals surface area contributed by atoms with Crippen LogP contribution in [0.15, 0.2) is 0 Å². The van der Waals surface area contributed by atoms with Gasteiger partial charge in [-0.1, -0.05) is 67.2 Å². The van der Waals surface area contributed by atoms with Crippen LogP contribution in [-0.2, 0) is 0 Å². The molecule has 0 heterocycles. The molecule has 0 heteroatoms. The van der Waals surface area contributed by atoms with E-state index < -0.39 is 0 Å². The Kier molecular flexibility index (Phi) is 6.48. The summed E-state index contributed by atoms with van der Waals surface area (Å²) in [6.45, 7) is 14.3. The van der Waals surface area contributed by atoms with Crippen LogP contribution in [0.25, 0.3) is 0 Å². The molecule has 14 heavy (non-hydrogen) atoms. The topological polar surface area (TPSA) is 0 Å². The Balaban J connectivity index is 4.34. The summed E-state index contributed by atoms with van der Waals surface area (Å²) in [7, 11) is 0. The lowest BCUT2D eigenvalue weighted by Crippen LogP contribution is -2.29. The van der Waals surface area contributed by atoms with Crippen molar-refractivity contribution in [2.24, 2.45) is 17.3 Å². The predicted octanol–water partition coefficient (Wildman–Crippen LogP) is 5.28. The van der Waals surface area contributed by atoms with Crippen LogP contribution in [-0.4, -0.2) is 0 Å². The summed E-state index contributed by atoms with van der Waals surface area (Å²) in [6.07, 6.45) is 6.76. The second-order valence-electron chi connectivity index (χ2n) is 5.31. The van der Waals surface area contributed by atoms with E-state index in [0.29, 0.717) is 5.41 Å².